The predicted molar refractivity (Wildman–Crippen MR) is 69.0 cm³/mol. The lowest BCUT2D eigenvalue weighted by molar-refractivity contribution is 0.378. The number of hydrogen-bond acceptors (Lipinski definition) is 5. The number of aromatic nitrogens is 1. The summed E-state index contributed by atoms with van der Waals surface area (Å²) in [5, 5.41) is 2.58. The molecule has 0 atom stereocenters. The average Bonchev–Trinajstić information content (AvgIpc) is 2.77. The van der Waals surface area contributed by atoms with Crippen LogP contribution >= 0.6 is 11.3 Å². The number of hydrogen-bond donors (Lipinski definition) is 1. The van der Waals surface area contributed by atoms with Crippen LogP contribution in [0.5, 0.6) is 16.7 Å². The fourth-order valence-corrected chi connectivity index (χ4v) is 2.13. The van der Waals surface area contributed by atoms with Crippen LogP contribution in [0.2, 0.25) is 0 Å². The van der Waals surface area contributed by atoms with Crippen LogP contribution in [0.1, 0.15) is 12.6 Å². The van der Waals surface area contributed by atoms with Crippen molar-refractivity contribution in [3.8, 4) is 16.7 Å². The second-order valence-electron chi connectivity index (χ2n) is 3.47. The van der Waals surface area contributed by atoms with Crippen molar-refractivity contribution >= 4 is 17.0 Å². The summed E-state index contributed by atoms with van der Waals surface area (Å²) in [6.07, 6.45) is 0.897. The molecule has 0 saturated carbocycles. The molecule has 1 aromatic heterocycles. The van der Waals surface area contributed by atoms with Crippen molar-refractivity contribution in [3.63, 3.8) is 0 Å². The summed E-state index contributed by atoms with van der Waals surface area (Å²) >= 11 is 1.46. The standard InChI is InChI=1S/C12H14N2O2S/c1-3-9-7-17-12(14-9)16-11-6-8(13)4-5-10(11)15-2/h4-7H,3,13H2,1-2H3. The fraction of sp³-hybridized carbons (Fsp3) is 0.250. The Morgan fingerprint density at radius 1 is 1.35 bits per heavy atom. The smallest absolute Gasteiger partial charge is 0.279 e. The largest absolute Gasteiger partial charge is 0.493 e. The number of thiazole rings is 1. The van der Waals surface area contributed by atoms with E-state index < -0.39 is 0 Å². The number of benzene rings is 1. The van der Waals surface area contributed by atoms with Crippen molar-refractivity contribution in [1.29, 1.82) is 0 Å². The molecule has 1 heterocycles. The molecule has 2 rings (SSSR count). The van der Waals surface area contributed by atoms with Crippen molar-refractivity contribution in [2.24, 2.45) is 0 Å². The molecule has 0 spiro atoms. The summed E-state index contributed by atoms with van der Waals surface area (Å²) < 4.78 is 10.9. The minimum absolute atomic E-state index is 0.588. The van der Waals surface area contributed by atoms with Crippen LogP contribution < -0.4 is 15.2 Å². The maximum Gasteiger partial charge on any atom is 0.279 e. The molecule has 2 N–H and O–H groups in total. The van der Waals surface area contributed by atoms with Crippen LogP contribution in [0.25, 0.3) is 0 Å². The van der Waals surface area contributed by atoms with Crippen LogP contribution in [0.4, 0.5) is 5.69 Å². The number of rotatable bonds is 4. The van der Waals surface area contributed by atoms with E-state index in [9.17, 15) is 0 Å². The van der Waals surface area contributed by atoms with E-state index in [2.05, 4.69) is 11.9 Å². The van der Waals surface area contributed by atoms with Crippen LogP contribution in [-0.2, 0) is 6.42 Å². The van der Waals surface area contributed by atoms with Crippen LogP contribution in [0, 0.1) is 0 Å². The third-order valence-electron chi connectivity index (χ3n) is 2.28. The van der Waals surface area contributed by atoms with Gasteiger partial charge in [0.1, 0.15) is 0 Å². The van der Waals surface area contributed by atoms with E-state index in [4.69, 9.17) is 15.2 Å². The summed E-state index contributed by atoms with van der Waals surface area (Å²) in [5.41, 5.74) is 7.37. The molecule has 0 saturated heterocycles. The van der Waals surface area contributed by atoms with Crippen LogP contribution in [0.15, 0.2) is 23.6 Å². The van der Waals surface area contributed by atoms with Gasteiger partial charge < -0.3 is 15.2 Å². The van der Waals surface area contributed by atoms with Crippen molar-refractivity contribution < 1.29 is 9.47 Å². The van der Waals surface area contributed by atoms with Crippen molar-refractivity contribution in [2.45, 2.75) is 13.3 Å². The highest BCUT2D eigenvalue weighted by Gasteiger charge is 2.08. The Bertz CT molecular complexity index is 511. The molecular weight excluding hydrogens is 236 g/mol. The van der Waals surface area contributed by atoms with Gasteiger partial charge in [-0.1, -0.05) is 18.3 Å². The van der Waals surface area contributed by atoms with Gasteiger partial charge in [-0.15, -0.1) is 0 Å². The third kappa shape index (κ3) is 2.68. The Morgan fingerprint density at radius 2 is 2.18 bits per heavy atom. The van der Waals surface area contributed by atoms with Gasteiger partial charge in [0, 0.05) is 17.1 Å². The number of nitrogens with two attached hydrogens (primary N) is 1. The highest BCUT2D eigenvalue weighted by molar-refractivity contribution is 7.11. The molecule has 0 amide bonds. The fourth-order valence-electron chi connectivity index (χ4n) is 1.36. The van der Waals surface area contributed by atoms with Gasteiger partial charge in [-0.3, -0.25) is 0 Å². The normalized spacial score (nSPS) is 10.2. The molecule has 2 aromatic rings. The Kier molecular flexibility index (Phi) is 3.49. The average molecular weight is 250 g/mol. The van der Waals surface area contributed by atoms with Crippen molar-refractivity contribution in [3.05, 3.63) is 29.3 Å². The first-order chi connectivity index (χ1) is 8.22. The molecule has 4 nitrogen and oxygen atoms in total. The van der Waals surface area contributed by atoms with Gasteiger partial charge in [0.05, 0.1) is 12.8 Å². The maximum atomic E-state index is 5.71. The summed E-state index contributed by atoms with van der Waals surface area (Å²) in [7, 11) is 1.59. The quantitative estimate of drug-likeness (QED) is 0.847. The molecule has 0 radical (unpaired) electrons. The van der Waals surface area contributed by atoms with Gasteiger partial charge in [0.2, 0.25) is 0 Å². The highest BCUT2D eigenvalue weighted by Crippen LogP contribution is 2.34. The molecule has 90 valence electrons. The van der Waals surface area contributed by atoms with E-state index in [0.717, 1.165) is 12.1 Å². The predicted octanol–water partition coefficient (Wildman–Crippen LogP) is 3.09. The summed E-state index contributed by atoms with van der Waals surface area (Å²) in [4.78, 5) is 4.33. The third-order valence-corrected chi connectivity index (χ3v) is 3.04. The number of nitrogens with zero attached hydrogens (tertiary/aromatic N) is 1. The van der Waals surface area contributed by atoms with E-state index in [1.165, 1.54) is 11.3 Å². The van der Waals surface area contributed by atoms with E-state index in [-0.39, 0.29) is 0 Å². The highest BCUT2D eigenvalue weighted by atomic mass is 32.1. The molecule has 0 aliphatic rings. The van der Waals surface area contributed by atoms with Gasteiger partial charge in [-0.25, -0.2) is 4.98 Å². The number of nitrogen functional groups attached to an aromatic ring is 1. The van der Waals surface area contributed by atoms with Gasteiger partial charge in [-0.05, 0) is 18.6 Å². The van der Waals surface area contributed by atoms with Crippen molar-refractivity contribution in [2.75, 3.05) is 12.8 Å². The van der Waals surface area contributed by atoms with E-state index >= 15 is 0 Å². The molecule has 0 aliphatic heterocycles. The Labute approximate surface area is 104 Å². The molecule has 1 aromatic carbocycles. The minimum atomic E-state index is 0.588. The Hall–Kier alpha value is -1.75. The Morgan fingerprint density at radius 3 is 2.82 bits per heavy atom. The molecule has 5 heteroatoms. The summed E-state index contributed by atoms with van der Waals surface area (Å²) in [6, 6.07) is 5.27. The van der Waals surface area contributed by atoms with E-state index in [0.29, 0.717) is 22.4 Å². The monoisotopic (exact) mass is 250 g/mol. The maximum absolute atomic E-state index is 5.71. The second kappa shape index (κ2) is 5.05. The van der Waals surface area contributed by atoms with Gasteiger partial charge in [-0.2, -0.15) is 0 Å². The zero-order valence-electron chi connectivity index (χ0n) is 9.77. The number of aryl methyl sites for hydroxylation is 1. The van der Waals surface area contributed by atoms with E-state index in [1.807, 2.05) is 5.38 Å². The topological polar surface area (TPSA) is 57.4 Å². The first kappa shape index (κ1) is 11.7. The number of ether oxygens (including phenoxy) is 2. The first-order valence-corrected chi connectivity index (χ1v) is 6.16. The molecular formula is C12H14N2O2S. The van der Waals surface area contributed by atoms with Crippen LogP contribution in [-0.4, -0.2) is 12.1 Å². The van der Waals surface area contributed by atoms with Gasteiger partial charge in [0.25, 0.3) is 5.19 Å². The lowest BCUT2D eigenvalue weighted by Crippen LogP contribution is -1.92. The Balaban J connectivity index is 2.25. The zero-order chi connectivity index (χ0) is 12.3. The zero-order valence-corrected chi connectivity index (χ0v) is 10.6. The van der Waals surface area contributed by atoms with E-state index in [1.54, 1.807) is 25.3 Å². The molecule has 0 fully saturated rings. The SMILES string of the molecule is CCc1csc(Oc2cc(N)ccc2OC)n1. The van der Waals surface area contributed by atoms with Gasteiger partial charge >= 0.3 is 0 Å². The molecule has 17 heavy (non-hydrogen) atoms. The lowest BCUT2D eigenvalue weighted by atomic mass is 10.3. The van der Waals surface area contributed by atoms with Crippen molar-refractivity contribution in [1.82, 2.24) is 4.98 Å². The second-order valence-corrected chi connectivity index (χ2v) is 4.29. The molecule has 0 bridgehead atoms. The lowest BCUT2D eigenvalue weighted by Gasteiger charge is -2.08. The summed E-state index contributed by atoms with van der Waals surface area (Å²) in [6.45, 7) is 2.06. The van der Waals surface area contributed by atoms with Gasteiger partial charge in [0.15, 0.2) is 11.5 Å². The molecule has 0 unspecified atom stereocenters. The molecule has 0 aliphatic carbocycles. The van der Waals surface area contributed by atoms with Crippen LogP contribution in [0.3, 0.4) is 0 Å². The minimum Gasteiger partial charge on any atom is -0.493 e. The number of methoxy groups -OCH3 is 1. The first-order valence-electron chi connectivity index (χ1n) is 5.28. The summed E-state index contributed by atoms with van der Waals surface area (Å²) in [5.74, 6) is 1.23. The number of anilines is 1.